The number of ether oxygens (including phenoxy) is 1. The van der Waals surface area contributed by atoms with Gasteiger partial charge in [-0.1, -0.05) is 43.0 Å². The molecule has 2 aliphatic carbocycles. The van der Waals surface area contributed by atoms with Gasteiger partial charge in [-0.3, -0.25) is 0 Å². The fourth-order valence-electron chi connectivity index (χ4n) is 1.68. The fourth-order valence-corrected chi connectivity index (χ4v) is 1.68. The van der Waals surface area contributed by atoms with E-state index in [-0.39, 0.29) is 5.97 Å². The van der Waals surface area contributed by atoms with Crippen LogP contribution in [0.5, 0.6) is 0 Å². The summed E-state index contributed by atoms with van der Waals surface area (Å²) in [6.07, 6.45) is 1.70. The summed E-state index contributed by atoms with van der Waals surface area (Å²) in [6, 6.07) is 15.7. The first-order valence-corrected chi connectivity index (χ1v) is 6.69. The SMILES string of the molecule is C=Cc1cccc(C(=O)OCC)c1.CO.c1cc2cc-2c1. The lowest BCUT2D eigenvalue weighted by Crippen LogP contribution is -2.04. The molecule has 0 unspecified atom stereocenters. The lowest BCUT2D eigenvalue weighted by atomic mass is 10.1. The van der Waals surface area contributed by atoms with E-state index in [0.29, 0.717) is 12.2 Å². The Morgan fingerprint density at radius 2 is 1.76 bits per heavy atom. The van der Waals surface area contributed by atoms with Crippen molar-refractivity contribution in [3.05, 3.63) is 66.2 Å². The minimum absolute atomic E-state index is 0.286. The topological polar surface area (TPSA) is 46.5 Å². The third-order valence-corrected chi connectivity index (χ3v) is 2.75. The molecule has 0 aliphatic heterocycles. The molecule has 3 nitrogen and oxygen atoms in total. The second kappa shape index (κ2) is 8.72. The van der Waals surface area contributed by atoms with Crippen LogP contribution in [0.25, 0.3) is 17.2 Å². The maximum Gasteiger partial charge on any atom is 0.338 e. The summed E-state index contributed by atoms with van der Waals surface area (Å²) in [4.78, 5) is 11.3. The molecule has 3 rings (SSSR count). The second-order valence-corrected chi connectivity index (χ2v) is 4.13. The van der Waals surface area contributed by atoms with Crippen LogP contribution in [-0.2, 0) is 4.74 Å². The monoisotopic (exact) mass is 284 g/mol. The summed E-state index contributed by atoms with van der Waals surface area (Å²) in [5.74, 6) is -0.286. The van der Waals surface area contributed by atoms with E-state index >= 15 is 0 Å². The molecule has 2 aliphatic rings. The molecule has 0 aromatic heterocycles. The highest BCUT2D eigenvalue weighted by Gasteiger charge is 2.07. The van der Waals surface area contributed by atoms with Crippen molar-refractivity contribution in [1.29, 1.82) is 0 Å². The van der Waals surface area contributed by atoms with E-state index in [9.17, 15) is 4.79 Å². The third-order valence-electron chi connectivity index (χ3n) is 2.75. The zero-order chi connectivity index (χ0) is 15.7. The standard InChI is InChI=1S/C11H12O2.C6H4.CH4O/c1-3-9-6-5-7-10(8-9)11(12)13-4-2;1-2-5-4-6(5)3-1;1-2/h3,5-8H,1,4H2,2H3;1-4H;2H,1H3. The summed E-state index contributed by atoms with van der Waals surface area (Å²) in [6.45, 7) is 5.81. The maximum absolute atomic E-state index is 11.3. The van der Waals surface area contributed by atoms with Crippen LogP contribution in [0.15, 0.2) is 55.1 Å². The average Bonchev–Trinajstić information content (AvgIpc) is 3.16. The summed E-state index contributed by atoms with van der Waals surface area (Å²) < 4.78 is 4.85. The van der Waals surface area contributed by atoms with Gasteiger partial charge in [-0.05, 0) is 41.8 Å². The summed E-state index contributed by atoms with van der Waals surface area (Å²) in [7, 11) is 1.00. The number of aliphatic hydroxyl groups excluding tert-OH is 1. The molecule has 0 fully saturated rings. The molecule has 1 aromatic rings. The molecule has 0 saturated heterocycles. The zero-order valence-electron chi connectivity index (χ0n) is 12.4. The van der Waals surface area contributed by atoms with Crippen LogP contribution < -0.4 is 0 Å². The van der Waals surface area contributed by atoms with Gasteiger partial charge in [0.2, 0.25) is 0 Å². The van der Waals surface area contributed by atoms with Gasteiger partial charge in [-0.2, -0.15) is 0 Å². The van der Waals surface area contributed by atoms with E-state index in [2.05, 4.69) is 30.8 Å². The molecule has 0 atom stereocenters. The van der Waals surface area contributed by atoms with E-state index in [4.69, 9.17) is 9.84 Å². The Bertz CT molecular complexity index is 586. The van der Waals surface area contributed by atoms with Gasteiger partial charge in [0, 0.05) is 7.11 Å². The molecule has 0 heterocycles. The van der Waals surface area contributed by atoms with E-state index in [1.807, 2.05) is 12.1 Å². The van der Waals surface area contributed by atoms with Crippen LogP contribution in [0.1, 0.15) is 22.8 Å². The number of fused-ring (bicyclic) bond motifs is 1. The second-order valence-electron chi connectivity index (χ2n) is 4.13. The Kier molecular flexibility index (Phi) is 6.92. The first-order chi connectivity index (χ1) is 10.2. The summed E-state index contributed by atoms with van der Waals surface area (Å²) in [5.41, 5.74) is 4.34. The molecule has 0 spiro atoms. The first kappa shape index (κ1) is 16.7. The van der Waals surface area contributed by atoms with E-state index in [0.717, 1.165) is 12.7 Å². The van der Waals surface area contributed by atoms with Gasteiger partial charge < -0.3 is 9.84 Å². The molecule has 0 radical (unpaired) electrons. The number of esters is 1. The van der Waals surface area contributed by atoms with Gasteiger partial charge in [0.1, 0.15) is 0 Å². The van der Waals surface area contributed by atoms with E-state index in [1.165, 1.54) is 11.1 Å². The Morgan fingerprint density at radius 3 is 2.19 bits per heavy atom. The van der Waals surface area contributed by atoms with Crippen molar-refractivity contribution in [2.24, 2.45) is 0 Å². The van der Waals surface area contributed by atoms with Gasteiger partial charge in [-0.25, -0.2) is 4.79 Å². The minimum atomic E-state index is -0.286. The lowest BCUT2D eigenvalue weighted by Gasteiger charge is -2.01. The fraction of sp³-hybridized carbons (Fsp3) is 0.167. The minimum Gasteiger partial charge on any atom is -0.462 e. The molecule has 3 heteroatoms. The number of benzene rings is 2. The number of carbonyl (C=O) groups excluding carboxylic acids is 1. The van der Waals surface area contributed by atoms with Crippen molar-refractivity contribution in [2.75, 3.05) is 13.7 Å². The van der Waals surface area contributed by atoms with Crippen LogP contribution in [0.3, 0.4) is 0 Å². The van der Waals surface area contributed by atoms with Crippen LogP contribution >= 0.6 is 0 Å². The van der Waals surface area contributed by atoms with Gasteiger partial charge >= 0.3 is 5.97 Å². The van der Waals surface area contributed by atoms with Gasteiger partial charge in [-0.15, -0.1) is 0 Å². The highest BCUT2D eigenvalue weighted by Crippen LogP contribution is 2.32. The van der Waals surface area contributed by atoms with Gasteiger partial charge in [0.15, 0.2) is 0 Å². The largest absolute Gasteiger partial charge is 0.462 e. The summed E-state index contributed by atoms with van der Waals surface area (Å²) in [5, 5.41) is 7.00. The molecule has 21 heavy (non-hydrogen) atoms. The van der Waals surface area contributed by atoms with Gasteiger partial charge in [0.25, 0.3) is 0 Å². The van der Waals surface area contributed by atoms with Crippen molar-refractivity contribution in [1.82, 2.24) is 0 Å². The maximum atomic E-state index is 11.3. The average molecular weight is 284 g/mol. The number of rotatable bonds is 3. The van der Waals surface area contributed by atoms with Crippen molar-refractivity contribution < 1.29 is 14.6 Å². The van der Waals surface area contributed by atoms with Crippen molar-refractivity contribution >= 4 is 12.0 Å². The third kappa shape index (κ3) is 5.24. The molecule has 0 saturated carbocycles. The smallest absolute Gasteiger partial charge is 0.338 e. The van der Waals surface area contributed by atoms with Crippen LogP contribution in [0.2, 0.25) is 0 Å². The summed E-state index contributed by atoms with van der Waals surface area (Å²) >= 11 is 0. The molecule has 0 amide bonds. The molecule has 0 bridgehead atoms. The Hall–Kier alpha value is -2.39. The Balaban J connectivity index is 0.000000225. The van der Waals surface area contributed by atoms with Crippen LogP contribution in [-0.4, -0.2) is 24.8 Å². The molecule has 1 N–H and O–H groups in total. The molecule has 110 valence electrons. The molecular weight excluding hydrogens is 264 g/mol. The lowest BCUT2D eigenvalue weighted by molar-refractivity contribution is 0.0526. The number of aliphatic hydroxyl groups is 1. The molecule has 1 aromatic carbocycles. The van der Waals surface area contributed by atoms with Gasteiger partial charge in [0.05, 0.1) is 12.2 Å². The van der Waals surface area contributed by atoms with Crippen molar-refractivity contribution in [2.45, 2.75) is 6.92 Å². The van der Waals surface area contributed by atoms with Crippen LogP contribution in [0, 0.1) is 0 Å². The first-order valence-electron chi connectivity index (χ1n) is 6.69. The van der Waals surface area contributed by atoms with Crippen LogP contribution in [0.4, 0.5) is 0 Å². The van der Waals surface area contributed by atoms with E-state index < -0.39 is 0 Å². The normalized spacial score (nSPS) is 9.29. The number of hydrogen-bond donors (Lipinski definition) is 1. The highest BCUT2D eigenvalue weighted by atomic mass is 16.5. The zero-order valence-corrected chi connectivity index (χ0v) is 12.4. The Morgan fingerprint density at radius 1 is 1.14 bits per heavy atom. The molecular formula is C18H20O3. The van der Waals surface area contributed by atoms with Crippen molar-refractivity contribution in [3.63, 3.8) is 0 Å². The predicted molar refractivity (Wildman–Crippen MR) is 86.1 cm³/mol. The Labute approximate surface area is 125 Å². The van der Waals surface area contributed by atoms with Crippen molar-refractivity contribution in [3.8, 4) is 11.1 Å². The number of carbonyl (C=O) groups is 1. The predicted octanol–water partition coefficient (Wildman–Crippen LogP) is 3.78. The number of hydrogen-bond acceptors (Lipinski definition) is 3. The van der Waals surface area contributed by atoms with E-state index in [1.54, 1.807) is 25.1 Å². The quantitative estimate of drug-likeness (QED) is 0.744. The highest BCUT2D eigenvalue weighted by molar-refractivity contribution is 5.90.